The fraction of sp³-hybridized carbons (Fsp3) is 0.259. The van der Waals surface area contributed by atoms with Crippen LogP contribution in [0.15, 0.2) is 59.9 Å². The van der Waals surface area contributed by atoms with Gasteiger partial charge in [-0.2, -0.15) is 10.4 Å². The molecule has 8 heteroatoms. The van der Waals surface area contributed by atoms with Crippen molar-refractivity contribution in [3.63, 3.8) is 0 Å². The lowest BCUT2D eigenvalue weighted by molar-refractivity contribution is 0.393. The number of imidazole rings is 1. The Morgan fingerprint density at radius 2 is 2.00 bits per heavy atom. The third-order valence-corrected chi connectivity index (χ3v) is 7.13. The van der Waals surface area contributed by atoms with Crippen LogP contribution < -0.4 is 4.74 Å². The zero-order valence-electron chi connectivity index (χ0n) is 20.0. The number of nitrogens with zero attached hydrogens (tertiary/aromatic N) is 6. The molecule has 0 amide bonds. The SMILES string of the molecule is COc1cc(/C=C/c2nc3n(n2)CCCC3(C#N)c2ccc(SC)cc2)ccc1-n1cnc(C)c1. The summed E-state index contributed by atoms with van der Waals surface area (Å²) in [5, 5.41) is 15.0. The van der Waals surface area contributed by atoms with Gasteiger partial charge in [-0.1, -0.05) is 24.3 Å². The molecule has 2 aromatic carbocycles. The van der Waals surface area contributed by atoms with E-state index in [1.54, 1.807) is 25.2 Å². The minimum absolute atomic E-state index is 0.593. The summed E-state index contributed by atoms with van der Waals surface area (Å²) in [7, 11) is 1.66. The monoisotopic (exact) mass is 482 g/mol. The topological polar surface area (TPSA) is 81.5 Å². The highest BCUT2D eigenvalue weighted by molar-refractivity contribution is 7.98. The normalized spacial score (nSPS) is 17.3. The van der Waals surface area contributed by atoms with Crippen molar-refractivity contribution in [2.75, 3.05) is 13.4 Å². The summed E-state index contributed by atoms with van der Waals surface area (Å²) >= 11 is 1.69. The molecule has 0 N–H and O–H groups in total. The molecule has 0 saturated heterocycles. The van der Waals surface area contributed by atoms with Gasteiger partial charge in [-0.25, -0.2) is 14.6 Å². The molecule has 3 heterocycles. The van der Waals surface area contributed by atoms with Gasteiger partial charge in [0.1, 0.15) is 11.2 Å². The first-order valence-electron chi connectivity index (χ1n) is 11.4. The van der Waals surface area contributed by atoms with Crippen molar-refractivity contribution in [2.24, 2.45) is 0 Å². The van der Waals surface area contributed by atoms with Crippen LogP contribution in [0.4, 0.5) is 0 Å². The summed E-state index contributed by atoms with van der Waals surface area (Å²) in [6, 6.07) is 16.8. The summed E-state index contributed by atoms with van der Waals surface area (Å²) in [5.41, 5.74) is 3.01. The van der Waals surface area contributed by atoms with Crippen molar-refractivity contribution < 1.29 is 4.74 Å². The van der Waals surface area contributed by atoms with Gasteiger partial charge in [0.05, 0.1) is 30.9 Å². The minimum Gasteiger partial charge on any atom is -0.495 e. The summed E-state index contributed by atoms with van der Waals surface area (Å²) in [6.07, 6.45) is 11.3. The third-order valence-electron chi connectivity index (χ3n) is 6.38. The molecule has 1 atom stereocenters. The van der Waals surface area contributed by atoms with Gasteiger partial charge in [-0.05, 0) is 67.5 Å². The molecule has 0 spiro atoms. The fourth-order valence-corrected chi connectivity index (χ4v) is 4.97. The standard InChI is InChI=1S/C27H26N6OS/c1-19-16-32(18-29-19)23-11-5-20(15-24(23)34-2)6-12-25-30-26-27(17-28,13-4-14-33(26)31-25)21-7-9-22(35-3)10-8-21/h5-12,15-16,18H,4,13-14H2,1-3H3/b12-6+. The van der Waals surface area contributed by atoms with Crippen molar-refractivity contribution in [3.05, 3.63) is 83.5 Å². The lowest BCUT2D eigenvalue weighted by Gasteiger charge is -2.30. The van der Waals surface area contributed by atoms with Crippen LogP contribution in [0.5, 0.6) is 5.75 Å². The van der Waals surface area contributed by atoms with Gasteiger partial charge in [0.15, 0.2) is 11.6 Å². The number of nitriles is 1. The van der Waals surface area contributed by atoms with Crippen LogP contribution >= 0.6 is 11.8 Å². The van der Waals surface area contributed by atoms with Crippen LogP contribution in [0.25, 0.3) is 17.8 Å². The number of rotatable bonds is 6. The number of hydrogen-bond donors (Lipinski definition) is 0. The van der Waals surface area contributed by atoms with Crippen LogP contribution in [0.3, 0.4) is 0 Å². The maximum Gasteiger partial charge on any atom is 0.174 e. The minimum atomic E-state index is -0.790. The Bertz CT molecular complexity index is 1430. The molecule has 0 bridgehead atoms. The first-order chi connectivity index (χ1) is 17.1. The lowest BCUT2D eigenvalue weighted by Crippen LogP contribution is -2.34. The van der Waals surface area contributed by atoms with Gasteiger partial charge in [0.25, 0.3) is 0 Å². The van der Waals surface area contributed by atoms with E-state index in [1.807, 2.05) is 71.1 Å². The van der Waals surface area contributed by atoms with E-state index < -0.39 is 5.41 Å². The Hall–Kier alpha value is -3.83. The Morgan fingerprint density at radius 1 is 1.17 bits per heavy atom. The van der Waals surface area contributed by atoms with E-state index in [-0.39, 0.29) is 0 Å². The van der Waals surface area contributed by atoms with Gasteiger partial charge in [0.2, 0.25) is 0 Å². The van der Waals surface area contributed by atoms with E-state index in [0.717, 1.165) is 47.6 Å². The van der Waals surface area contributed by atoms with Gasteiger partial charge in [0, 0.05) is 17.6 Å². The molecule has 2 aromatic heterocycles. The molecule has 5 rings (SSSR count). The predicted molar refractivity (Wildman–Crippen MR) is 138 cm³/mol. The number of aryl methyl sites for hydroxylation is 2. The number of aromatic nitrogens is 5. The highest BCUT2D eigenvalue weighted by Crippen LogP contribution is 2.39. The van der Waals surface area contributed by atoms with E-state index in [4.69, 9.17) is 14.8 Å². The molecule has 35 heavy (non-hydrogen) atoms. The maximum atomic E-state index is 10.3. The van der Waals surface area contributed by atoms with Crippen molar-refractivity contribution in [1.82, 2.24) is 24.3 Å². The van der Waals surface area contributed by atoms with Crippen molar-refractivity contribution in [2.45, 2.75) is 36.6 Å². The predicted octanol–water partition coefficient (Wildman–Crippen LogP) is 5.28. The number of benzene rings is 2. The van der Waals surface area contributed by atoms with Crippen LogP contribution in [-0.4, -0.2) is 37.7 Å². The molecule has 1 aliphatic heterocycles. The fourth-order valence-electron chi connectivity index (χ4n) is 4.56. The Balaban J connectivity index is 1.45. The van der Waals surface area contributed by atoms with Gasteiger partial charge < -0.3 is 9.30 Å². The number of ether oxygens (including phenoxy) is 1. The molecule has 0 aliphatic carbocycles. The first kappa shape index (κ1) is 22.9. The average molecular weight is 483 g/mol. The molecular weight excluding hydrogens is 456 g/mol. The molecule has 0 fully saturated rings. The molecule has 4 aromatic rings. The van der Waals surface area contributed by atoms with Gasteiger partial charge in [-0.3, -0.25) is 0 Å². The van der Waals surface area contributed by atoms with E-state index in [2.05, 4.69) is 23.2 Å². The highest BCUT2D eigenvalue weighted by atomic mass is 32.2. The van der Waals surface area contributed by atoms with Crippen LogP contribution in [-0.2, 0) is 12.0 Å². The van der Waals surface area contributed by atoms with Crippen LogP contribution in [0.1, 0.15) is 41.3 Å². The molecule has 1 unspecified atom stereocenters. The van der Waals surface area contributed by atoms with Crippen molar-refractivity contribution in [1.29, 1.82) is 5.26 Å². The Kier molecular flexibility index (Phi) is 6.18. The van der Waals surface area contributed by atoms with Gasteiger partial charge >= 0.3 is 0 Å². The highest BCUT2D eigenvalue weighted by Gasteiger charge is 2.42. The number of fused-ring (bicyclic) bond motifs is 1. The smallest absolute Gasteiger partial charge is 0.174 e. The zero-order chi connectivity index (χ0) is 24.4. The third kappa shape index (κ3) is 4.24. The summed E-state index contributed by atoms with van der Waals surface area (Å²) in [4.78, 5) is 10.3. The van der Waals surface area contributed by atoms with Crippen LogP contribution in [0, 0.1) is 18.3 Å². The lowest BCUT2D eigenvalue weighted by atomic mass is 9.75. The maximum absolute atomic E-state index is 10.3. The van der Waals surface area contributed by atoms with E-state index in [9.17, 15) is 5.26 Å². The van der Waals surface area contributed by atoms with E-state index in [0.29, 0.717) is 11.6 Å². The summed E-state index contributed by atoms with van der Waals surface area (Å²) in [5.74, 6) is 2.06. The average Bonchev–Trinajstić information content (AvgIpc) is 3.53. The van der Waals surface area contributed by atoms with E-state index >= 15 is 0 Å². The second kappa shape index (κ2) is 9.43. The van der Waals surface area contributed by atoms with Crippen LogP contribution in [0.2, 0.25) is 0 Å². The second-order valence-electron chi connectivity index (χ2n) is 8.55. The van der Waals surface area contributed by atoms with E-state index in [1.165, 1.54) is 4.90 Å². The molecule has 1 aliphatic rings. The number of hydrogen-bond acceptors (Lipinski definition) is 6. The largest absolute Gasteiger partial charge is 0.495 e. The van der Waals surface area contributed by atoms with Crippen molar-refractivity contribution >= 4 is 23.9 Å². The number of methoxy groups -OCH3 is 1. The Morgan fingerprint density at radius 3 is 2.69 bits per heavy atom. The number of thioether (sulfide) groups is 1. The summed E-state index contributed by atoms with van der Waals surface area (Å²) in [6.45, 7) is 2.72. The summed E-state index contributed by atoms with van der Waals surface area (Å²) < 4.78 is 9.45. The first-order valence-corrected chi connectivity index (χ1v) is 12.7. The van der Waals surface area contributed by atoms with Crippen molar-refractivity contribution in [3.8, 4) is 17.5 Å². The molecular formula is C27H26N6OS. The molecule has 176 valence electrons. The molecule has 0 radical (unpaired) electrons. The Labute approximate surface area is 209 Å². The zero-order valence-corrected chi connectivity index (χ0v) is 20.8. The quantitative estimate of drug-likeness (QED) is 0.348. The molecule has 7 nitrogen and oxygen atoms in total. The van der Waals surface area contributed by atoms with Gasteiger partial charge in [-0.15, -0.1) is 11.8 Å². The molecule has 0 saturated carbocycles. The second-order valence-corrected chi connectivity index (χ2v) is 9.43.